The number of hydrogen-bond donors (Lipinski definition) is 0. The van der Waals surface area contributed by atoms with Crippen molar-refractivity contribution < 1.29 is 4.74 Å². The highest BCUT2D eigenvalue weighted by atomic mass is 16.5. The molecule has 2 saturated heterocycles. The van der Waals surface area contributed by atoms with Crippen molar-refractivity contribution in [1.29, 1.82) is 0 Å². The molecule has 2 aliphatic rings. The van der Waals surface area contributed by atoms with Gasteiger partial charge in [-0.25, -0.2) is 0 Å². The maximum absolute atomic E-state index is 5.56. The van der Waals surface area contributed by atoms with Crippen LogP contribution in [0.4, 0.5) is 0 Å². The van der Waals surface area contributed by atoms with Crippen molar-refractivity contribution in [3.8, 4) is 0 Å². The first-order valence-electron chi connectivity index (χ1n) is 4.32. The van der Waals surface area contributed by atoms with Crippen molar-refractivity contribution in [1.82, 2.24) is 4.90 Å². The van der Waals surface area contributed by atoms with Gasteiger partial charge in [-0.15, -0.1) is 0 Å². The Labute approximate surface area is 62.2 Å². The number of ether oxygens (including phenoxy) is 1. The second-order valence-electron chi connectivity index (χ2n) is 3.21. The minimum absolute atomic E-state index is 0.488. The number of nitrogens with zero attached hydrogens (tertiary/aromatic N) is 1. The maximum Gasteiger partial charge on any atom is 0.110 e. The third kappa shape index (κ3) is 1.18. The van der Waals surface area contributed by atoms with Crippen LogP contribution in [0.15, 0.2) is 0 Å². The quantitative estimate of drug-likeness (QED) is 0.544. The molecule has 2 aliphatic heterocycles. The molecule has 0 radical (unpaired) electrons. The highest BCUT2D eigenvalue weighted by Gasteiger charge is 2.24. The lowest BCUT2D eigenvalue weighted by molar-refractivity contribution is -0.00613. The molecule has 0 bridgehead atoms. The van der Waals surface area contributed by atoms with Crippen LogP contribution in [-0.4, -0.2) is 30.8 Å². The molecule has 0 spiro atoms. The molecule has 2 heterocycles. The van der Waals surface area contributed by atoms with Crippen LogP contribution >= 0.6 is 0 Å². The summed E-state index contributed by atoms with van der Waals surface area (Å²) in [4.78, 5) is 2.48. The van der Waals surface area contributed by atoms with Crippen molar-refractivity contribution in [2.45, 2.75) is 31.9 Å². The van der Waals surface area contributed by atoms with Gasteiger partial charge in [0, 0.05) is 19.7 Å². The molecule has 10 heavy (non-hydrogen) atoms. The Balaban J connectivity index is 1.85. The molecule has 0 aromatic rings. The number of likely N-dealkylation sites (tertiary alicyclic amines) is 1. The first-order chi connectivity index (χ1) is 4.97. The molecular formula is C8H15NO. The molecule has 1 unspecified atom stereocenters. The van der Waals surface area contributed by atoms with E-state index in [1.165, 1.54) is 38.8 Å². The summed E-state index contributed by atoms with van der Waals surface area (Å²) in [5, 5.41) is 0. The van der Waals surface area contributed by atoms with E-state index < -0.39 is 0 Å². The number of rotatable bonds is 1. The standard InChI is InChI=1S/C8H15NO/c1-2-6-9(5-1)8-4-3-7-10-8/h8H,1-7H2. The Morgan fingerprint density at radius 1 is 1.10 bits per heavy atom. The van der Waals surface area contributed by atoms with E-state index in [9.17, 15) is 0 Å². The lowest BCUT2D eigenvalue weighted by Gasteiger charge is -2.21. The molecule has 0 aromatic carbocycles. The van der Waals surface area contributed by atoms with Crippen LogP contribution in [0.1, 0.15) is 25.7 Å². The van der Waals surface area contributed by atoms with Gasteiger partial charge in [0.15, 0.2) is 0 Å². The number of hydrogen-bond acceptors (Lipinski definition) is 2. The summed E-state index contributed by atoms with van der Waals surface area (Å²) < 4.78 is 5.56. The molecular weight excluding hydrogens is 126 g/mol. The van der Waals surface area contributed by atoms with Crippen LogP contribution in [-0.2, 0) is 4.74 Å². The van der Waals surface area contributed by atoms with Crippen LogP contribution < -0.4 is 0 Å². The van der Waals surface area contributed by atoms with E-state index in [2.05, 4.69) is 4.90 Å². The largest absolute Gasteiger partial charge is 0.363 e. The molecule has 0 saturated carbocycles. The van der Waals surface area contributed by atoms with Gasteiger partial charge in [0.1, 0.15) is 6.23 Å². The van der Waals surface area contributed by atoms with E-state index in [1.54, 1.807) is 0 Å². The van der Waals surface area contributed by atoms with E-state index in [0.717, 1.165) is 6.61 Å². The monoisotopic (exact) mass is 141 g/mol. The predicted molar refractivity (Wildman–Crippen MR) is 39.8 cm³/mol. The van der Waals surface area contributed by atoms with Crippen molar-refractivity contribution in [2.24, 2.45) is 0 Å². The van der Waals surface area contributed by atoms with Crippen molar-refractivity contribution >= 4 is 0 Å². The second kappa shape index (κ2) is 2.89. The third-order valence-electron chi connectivity index (χ3n) is 2.45. The zero-order valence-electron chi connectivity index (χ0n) is 6.38. The Morgan fingerprint density at radius 2 is 1.90 bits per heavy atom. The van der Waals surface area contributed by atoms with Crippen LogP contribution in [0.2, 0.25) is 0 Å². The van der Waals surface area contributed by atoms with E-state index in [4.69, 9.17) is 4.74 Å². The van der Waals surface area contributed by atoms with Gasteiger partial charge in [0.2, 0.25) is 0 Å². The lowest BCUT2D eigenvalue weighted by Crippen LogP contribution is -2.31. The summed E-state index contributed by atoms with van der Waals surface area (Å²) in [6, 6.07) is 0. The molecule has 2 rings (SSSR count). The van der Waals surface area contributed by atoms with Gasteiger partial charge in [-0.3, -0.25) is 4.90 Å². The van der Waals surface area contributed by atoms with E-state index >= 15 is 0 Å². The van der Waals surface area contributed by atoms with Gasteiger partial charge in [-0.2, -0.15) is 0 Å². The third-order valence-corrected chi connectivity index (χ3v) is 2.45. The Morgan fingerprint density at radius 3 is 2.50 bits per heavy atom. The average molecular weight is 141 g/mol. The molecule has 2 fully saturated rings. The van der Waals surface area contributed by atoms with Gasteiger partial charge in [-0.05, 0) is 25.7 Å². The highest BCUT2D eigenvalue weighted by molar-refractivity contribution is 4.72. The topological polar surface area (TPSA) is 12.5 Å². The van der Waals surface area contributed by atoms with Gasteiger partial charge in [0.05, 0.1) is 0 Å². The normalized spacial score (nSPS) is 35.4. The second-order valence-corrected chi connectivity index (χ2v) is 3.21. The van der Waals surface area contributed by atoms with Crippen molar-refractivity contribution in [3.05, 3.63) is 0 Å². The predicted octanol–water partition coefficient (Wildman–Crippen LogP) is 1.22. The van der Waals surface area contributed by atoms with Crippen LogP contribution in [0.5, 0.6) is 0 Å². The summed E-state index contributed by atoms with van der Waals surface area (Å²) in [6.45, 7) is 3.52. The highest BCUT2D eigenvalue weighted by Crippen LogP contribution is 2.20. The fraction of sp³-hybridized carbons (Fsp3) is 1.00. The van der Waals surface area contributed by atoms with Crippen LogP contribution in [0, 0.1) is 0 Å². The van der Waals surface area contributed by atoms with Gasteiger partial charge in [-0.1, -0.05) is 0 Å². The Bertz CT molecular complexity index is 89.8. The molecule has 0 aromatic heterocycles. The van der Waals surface area contributed by atoms with E-state index in [0.29, 0.717) is 6.23 Å². The lowest BCUT2D eigenvalue weighted by atomic mass is 10.3. The van der Waals surface area contributed by atoms with Gasteiger partial charge >= 0.3 is 0 Å². The summed E-state index contributed by atoms with van der Waals surface area (Å²) in [5.74, 6) is 0. The van der Waals surface area contributed by atoms with Gasteiger partial charge in [0.25, 0.3) is 0 Å². The molecule has 0 amide bonds. The maximum atomic E-state index is 5.56. The van der Waals surface area contributed by atoms with Crippen molar-refractivity contribution in [2.75, 3.05) is 19.7 Å². The van der Waals surface area contributed by atoms with Crippen LogP contribution in [0.25, 0.3) is 0 Å². The molecule has 0 N–H and O–H groups in total. The smallest absolute Gasteiger partial charge is 0.110 e. The fourth-order valence-corrected chi connectivity index (χ4v) is 1.88. The van der Waals surface area contributed by atoms with Crippen molar-refractivity contribution in [3.63, 3.8) is 0 Å². The first kappa shape index (κ1) is 6.62. The van der Waals surface area contributed by atoms with E-state index in [-0.39, 0.29) is 0 Å². The molecule has 1 atom stereocenters. The first-order valence-corrected chi connectivity index (χ1v) is 4.32. The zero-order valence-corrected chi connectivity index (χ0v) is 6.38. The SMILES string of the molecule is C1COC(N2CCCC2)C1. The zero-order chi connectivity index (χ0) is 6.81. The van der Waals surface area contributed by atoms with E-state index in [1.807, 2.05) is 0 Å². The molecule has 2 nitrogen and oxygen atoms in total. The van der Waals surface area contributed by atoms with Crippen LogP contribution in [0.3, 0.4) is 0 Å². The average Bonchev–Trinajstić information content (AvgIpc) is 2.59. The molecule has 2 heteroatoms. The van der Waals surface area contributed by atoms with Gasteiger partial charge < -0.3 is 4.74 Å². The Kier molecular flexibility index (Phi) is 1.91. The summed E-state index contributed by atoms with van der Waals surface area (Å²) in [5.41, 5.74) is 0. The fourth-order valence-electron chi connectivity index (χ4n) is 1.88. The summed E-state index contributed by atoms with van der Waals surface area (Å²) in [7, 11) is 0. The minimum atomic E-state index is 0.488. The summed E-state index contributed by atoms with van der Waals surface area (Å²) in [6.07, 6.45) is 5.77. The molecule has 0 aliphatic carbocycles. The Hall–Kier alpha value is -0.0800. The summed E-state index contributed by atoms with van der Waals surface area (Å²) >= 11 is 0. The molecule has 58 valence electrons. The minimum Gasteiger partial charge on any atom is -0.363 e.